The molecule has 1 atom stereocenters. The largest absolute Gasteiger partial charge is 0.387 e. The Balaban J connectivity index is 1.62. The summed E-state index contributed by atoms with van der Waals surface area (Å²) < 4.78 is 0. The van der Waals surface area contributed by atoms with Gasteiger partial charge in [-0.25, -0.2) is 0 Å². The van der Waals surface area contributed by atoms with Crippen LogP contribution in [0.4, 0.5) is 0 Å². The smallest absolute Gasteiger partial charge is 0.263 e. The van der Waals surface area contributed by atoms with E-state index < -0.39 is 0 Å². The lowest BCUT2D eigenvalue weighted by Crippen LogP contribution is -2.29. The summed E-state index contributed by atoms with van der Waals surface area (Å²) in [5.74, 6) is -0.307. The molecule has 1 saturated carbocycles. The van der Waals surface area contributed by atoms with Crippen LogP contribution in [0.2, 0.25) is 0 Å². The zero-order valence-corrected chi connectivity index (χ0v) is 15.0. The number of carbonyl (C=O) groups excluding carboxylic acids is 1. The van der Waals surface area contributed by atoms with E-state index >= 15 is 0 Å². The summed E-state index contributed by atoms with van der Waals surface area (Å²) in [5, 5.41) is 15.5. The van der Waals surface area contributed by atoms with Crippen molar-refractivity contribution >= 4 is 5.91 Å². The fraction of sp³-hybridized carbons (Fsp3) is 0.524. The van der Waals surface area contributed by atoms with Gasteiger partial charge in [0.25, 0.3) is 5.91 Å². The molecule has 3 rings (SSSR count). The average molecular weight is 337 g/mol. The van der Waals surface area contributed by atoms with Crippen molar-refractivity contribution in [1.29, 1.82) is 5.26 Å². The third-order valence-corrected chi connectivity index (χ3v) is 5.40. The lowest BCUT2D eigenvalue weighted by molar-refractivity contribution is -0.117. The molecule has 0 bridgehead atoms. The van der Waals surface area contributed by atoms with Crippen LogP contribution in [0.1, 0.15) is 68.2 Å². The highest BCUT2D eigenvalue weighted by atomic mass is 16.1. The second-order valence-corrected chi connectivity index (χ2v) is 7.25. The molecule has 0 aromatic heterocycles. The fourth-order valence-electron chi connectivity index (χ4n) is 3.82. The van der Waals surface area contributed by atoms with Gasteiger partial charge in [0.2, 0.25) is 0 Å². The van der Waals surface area contributed by atoms with E-state index in [-0.39, 0.29) is 17.5 Å². The SMILES string of the molecule is CC(NC(=O)/C(C#N)=C\NC1CCCC1)c1ccc2c(c1)CCCC2. The number of amides is 1. The molecule has 25 heavy (non-hydrogen) atoms. The first kappa shape index (κ1) is 17.5. The number of nitrogens with zero attached hydrogens (tertiary/aromatic N) is 1. The summed E-state index contributed by atoms with van der Waals surface area (Å²) >= 11 is 0. The van der Waals surface area contributed by atoms with Gasteiger partial charge in [0.1, 0.15) is 11.6 Å². The monoisotopic (exact) mass is 337 g/mol. The zero-order valence-electron chi connectivity index (χ0n) is 15.0. The van der Waals surface area contributed by atoms with Crippen molar-refractivity contribution in [3.05, 3.63) is 46.7 Å². The second kappa shape index (κ2) is 8.20. The molecule has 0 radical (unpaired) electrons. The molecule has 2 aliphatic carbocycles. The molecule has 1 aromatic rings. The Hall–Kier alpha value is -2.28. The van der Waals surface area contributed by atoms with Crippen molar-refractivity contribution in [2.75, 3.05) is 0 Å². The highest BCUT2D eigenvalue weighted by Gasteiger charge is 2.18. The number of nitrogens with one attached hydrogen (secondary N) is 2. The average Bonchev–Trinajstić information content (AvgIpc) is 3.15. The number of rotatable bonds is 5. The minimum Gasteiger partial charge on any atom is -0.387 e. The third kappa shape index (κ3) is 4.42. The summed E-state index contributed by atoms with van der Waals surface area (Å²) in [6.45, 7) is 1.97. The van der Waals surface area contributed by atoms with Crippen molar-refractivity contribution in [1.82, 2.24) is 10.6 Å². The Labute approximate surface area is 150 Å². The molecule has 4 heteroatoms. The van der Waals surface area contributed by atoms with Crippen molar-refractivity contribution in [2.45, 2.75) is 70.4 Å². The summed E-state index contributed by atoms with van der Waals surface area (Å²) in [6, 6.07) is 8.81. The molecule has 2 aliphatic rings. The molecule has 0 saturated heterocycles. The van der Waals surface area contributed by atoms with E-state index in [9.17, 15) is 10.1 Å². The highest BCUT2D eigenvalue weighted by molar-refractivity contribution is 5.97. The number of nitriles is 1. The third-order valence-electron chi connectivity index (χ3n) is 5.40. The second-order valence-electron chi connectivity index (χ2n) is 7.25. The van der Waals surface area contributed by atoms with Crippen molar-refractivity contribution in [2.24, 2.45) is 0 Å². The summed E-state index contributed by atoms with van der Waals surface area (Å²) in [6.07, 6.45) is 11.0. The van der Waals surface area contributed by atoms with Gasteiger partial charge in [-0.1, -0.05) is 31.0 Å². The lowest BCUT2D eigenvalue weighted by Gasteiger charge is -2.20. The van der Waals surface area contributed by atoms with Crippen LogP contribution in [-0.2, 0) is 17.6 Å². The van der Waals surface area contributed by atoms with E-state index in [1.807, 2.05) is 13.0 Å². The van der Waals surface area contributed by atoms with Crippen molar-refractivity contribution < 1.29 is 4.79 Å². The minimum absolute atomic E-state index is 0.108. The van der Waals surface area contributed by atoms with E-state index in [2.05, 4.69) is 28.8 Å². The van der Waals surface area contributed by atoms with Gasteiger partial charge in [-0.05, 0) is 62.1 Å². The van der Waals surface area contributed by atoms with Crippen LogP contribution in [0, 0.1) is 11.3 Å². The van der Waals surface area contributed by atoms with Gasteiger partial charge in [-0.15, -0.1) is 0 Å². The molecule has 2 N–H and O–H groups in total. The van der Waals surface area contributed by atoms with Gasteiger partial charge in [0.05, 0.1) is 6.04 Å². The molecule has 132 valence electrons. The van der Waals surface area contributed by atoms with Gasteiger partial charge in [-0.3, -0.25) is 4.79 Å². The fourth-order valence-corrected chi connectivity index (χ4v) is 3.82. The highest BCUT2D eigenvalue weighted by Crippen LogP contribution is 2.25. The molecular weight excluding hydrogens is 310 g/mol. The molecule has 0 aliphatic heterocycles. The topological polar surface area (TPSA) is 64.9 Å². The van der Waals surface area contributed by atoms with Crippen LogP contribution in [-0.4, -0.2) is 11.9 Å². The van der Waals surface area contributed by atoms with E-state index in [1.54, 1.807) is 6.20 Å². The summed E-state index contributed by atoms with van der Waals surface area (Å²) in [5.41, 5.74) is 4.10. The first-order valence-corrected chi connectivity index (χ1v) is 9.46. The molecule has 1 fully saturated rings. The Bertz CT molecular complexity index is 696. The Morgan fingerprint density at radius 2 is 1.92 bits per heavy atom. The van der Waals surface area contributed by atoms with E-state index in [1.165, 1.54) is 36.8 Å². The lowest BCUT2D eigenvalue weighted by atomic mass is 9.89. The number of benzene rings is 1. The maximum atomic E-state index is 12.4. The summed E-state index contributed by atoms with van der Waals surface area (Å²) in [4.78, 5) is 12.4. The maximum Gasteiger partial charge on any atom is 0.263 e. The van der Waals surface area contributed by atoms with Crippen molar-refractivity contribution in [3.8, 4) is 6.07 Å². The van der Waals surface area contributed by atoms with Gasteiger partial charge in [-0.2, -0.15) is 5.26 Å². The van der Waals surface area contributed by atoms with Crippen molar-refractivity contribution in [3.63, 3.8) is 0 Å². The molecule has 1 unspecified atom stereocenters. The predicted molar refractivity (Wildman–Crippen MR) is 98.7 cm³/mol. The molecule has 1 aromatic carbocycles. The molecule has 0 spiro atoms. The van der Waals surface area contributed by atoms with Crippen LogP contribution in [0.15, 0.2) is 30.0 Å². The first-order chi connectivity index (χ1) is 12.2. The number of fused-ring (bicyclic) bond motifs is 1. The Morgan fingerprint density at radius 1 is 1.20 bits per heavy atom. The number of carbonyl (C=O) groups is 1. The van der Waals surface area contributed by atoms with Gasteiger partial charge in [0, 0.05) is 12.2 Å². The summed E-state index contributed by atoms with van der Waals surface area (Å²) in [7, 11) is 0. The maximum absolute atomic E-state index is 12.4. The normalized spacial score (nSPS) is 19.0. The van der Waals surface area contributed by atoms with Crippen LogP contribution < -0.4 is 10.6 Å². The van der Waals surface area contributed by atoms with Crippen LogP contribution >= 0.6 is 0 Å². The Kier molecular flexibility index (Phi) is 5.75. The number of hydrogen-bond acceptors (Lipinski definition) is 3. The van der Waals surface area contributed by atoms with Crippen LogP contribution in [0.5, 0.6) is 0 Å². The van der Waals surface area contributed by atoms with E-state index in [0.29, 0.717) is 6.04 Å². The molecule has 4 nitrogen and oxygen atoms in total. The van der Waals surface area contributed by atoms with Gasteiger partial charge >= 0.3 is 0 Å². The van der Waals surface area contributed by atoms with E-state index in [4.69, 9.17) is 0 Å². The quantitative estimate of drug-likeness (QED) is 0.636. The number of aryl methyl sites for hydroxylation is 2. The zero-order chi connectivity index (χ0) is 17.6. The van der Waals surface area contributed by atoms with E-state index in [0.717, 1.165) is 31.2 Å². The van der Waals surface area contributed by atoms with Crippen LogP contribution in [0.3, 0.4) is 0 Å². The number of hydrogen-bond donors (Lipinski definition) is 2. The minimum atomic E-state index is -0.307. The predicted octanol–water partition coefficient (Wildman–Crippen LogP) is 3.68. The standard InChI is InChI=1S/C21H27N3O/c1-15(17-11-10-16-6-2-3-7-18(16)12-17)24-21(25)19(13-22)14-23-20-8-4-5-9-20/h10-12,14-15,20,23H,2-9H2,1H3,(H,24,25)/b19-14-. The van der Waals surface area contributed by atoms with Gasteiger partial charge in [0.15, 0.2) is 0 Å². The molecule has 1 amide bonds. The molecular formula is C21H27N3O. The molecule has 0 heterocycles. The first-order valence-electron chi connectivity index (χ1n) is 9.46. The van der Waals surface area contributed by atoms with Crippen LogP contribution in [0.25, 0.3) is 0 Å². The Morgan fingerprint density at radius 3 is 2.64 bits per heavy atom. The van der Waals surface area contributed by atoms with Gasteiger partial charge < -0.3 is 10.6 Å².